The maximum Gasteiger partial charge on any atom is 0.339 e. The molecule has 0 aliphatic heterocycles. The number of aromatic nitrogens is 2. The number of carbonyl (C=O) groups is 1. The van der Waals surface area contributed by atoms with Crippen LogP contribution < -0.4 is 9.47 Å². The van der Waals surface area contributed by atoms with Crippen LogP contribution >= 0.6 is 0 Å². The fourth-order valence-corrected chi connectivity index (χ4v) is 3.15. The highest BCUT2D eigenvalue weighted by Crippen LogP contribution is 2.30. The van der Waals surface area contributed by atoms with Crippen LogP contribution in [0.15, 0.2) is 65.1 Å². The number of hydrogen-bond acceptors (Lipinski definition) is 7. The van der Waals surface area contributed by atoms with Crippen molar-refractivity contribution in [3.05, 3.63) is 72.1 Å². The van der Waals surface area contributed by atoms with E-state index in [4.69, 9.17) is 18.6 Å². The van der Waals surface area contributed by atoms with E-state index < -0.39 is 12.1 Å². The summed E-state index contributed by atoms with van der Waals surface area (Å²) in [7, 11) is 3.19. The molecule has 7 nitrogen and oxygen atoms in total. The summed E-state index contributed by atoms with van der Waals surface area (Å²) in [5, 5.41) is 9.66. The molecular formula is C23H20N2O5. The van der Waals surface area contributed by atoms with Gasteiger partial charge < -0.3 is 18.6 Å². The summed E-state index contributed by atoms with van der Waals surface area (Å²) in [4.78, 5) is 12.8. The van der Waals surface area contributed by atoms with E-state index in [1.54, 1.807) is 45.4 Å². The largest absolute Gasteiger partial charge is 0.497 e. The van der Waals surface area contributed by atoms with Gasteiger partial charge in [-0.1, -0.05) is 24.3 Å². The molecule has 0 spiro atoms. The molecule has 0 saturated heterocycles. The van der Waals surface area contributed by atoms with Crippen molar-refractivity contribution in [1.82, 2.24) is 10.2 Å². The molecule has 0 unspecified atom stereocenters. The lowest BCUT2D eigenvalue weighted by molar-refractivity contribution is 0.0282. The number of rotatable bonds is 6. The van der Waals surface area contributed by atoms with Gasteiger partial charge >= 0.3 is 5.97 Å². The molecule has 0 radical (unpaired) electrons. The van der Waals surface area contributed by atoms with Crippen LogP contribution in [0.25, 0.3) is 22.2 Å². The molecule has 0 bridgehead atoms. The number of hydrogen-bond donors (Lipinski definition) is 0. The fourth-order valence-electron chi connectivity index (χ4n) is 3.15. The van der Waals surface area contributed by atoms with Gasteiger partial charge in [-0.25, -0.2) is 4.79 Å². The zero-order valence-corrected chi connectivity index (χ0v) is 16.8. The first-order valence-electron chi connectivity index (χ1n) is 9.35. The predicted molar refractivity (Wildman–Crippen MR) is 111 cm³/mol. The Labute approximate surface area is 173 Å². The Balaban J connectivity index is 1.54. The van der Waals surface area contributed by atoms with Crippen LogP contribution in [-0.4, -0.2) is 30.4 Å². The van der Waals surface area contributed by atoms with E-state index in [1.807, 2.05) is 36.4 Å². The van der Waals surface area contributed by atoms with Gasteiger partial charge in [-0.3, -0.25) is 0 Å². The van der Waals surface area contributed by atoms with Gasteiger partial charge in [0, 0.05) is 10.9 Å². The van der Waals surface area contributed by atoms with Gasteiger partial charge in [0.2, 0.25) is 5.89 Å². The second-order valence-corrected chi connectivity index (χ2v) is 6.58. The molecule has 0 saturated carbocycles. The van der Waals surface area contributed by atoms with Gasteiger partial charge in [-0.05, 0) is 48.7 Å². The van der Waals surface area contributed by atoms with Crippen LogP contribution in [-0.2, 0) is 4.74 Å². The Bertz CT molecular complexity index is 1180. The van der Waals surface area contributed by atoms with Crippen molar-refractivity contribution in [2.24, 2.45) is 0 Å². The van der Waals surface area contributed by atoms with Crippen LogP contribution in [0.2, 0.25) is 0 Å². The number of ether oxygens (including phenoxy) is 3. The van der Waals surface area contributed by atoms with Crippen molar-refractivity contribution in [3.63, 3.8) is 0 Å². The first kappa shape index (κ1) is 19.4. The number of esters is 1. The zero-order chi connectivity index (χ0) is 21.1. The van der Waals surface area contributed by atoms with Gasteiger partial charge in [0.25, 0.3) is 5.89 Å². The highest BCUT2D eigenvalue weighted by molar-refractivity contribution is 6.06. The van der Waals surface area contributed by atoms with Crippen molar-refractivity contribution in [3.8, 4) is 23.0 Å². The maximum absolute atomic E-state index is 12.8. The summed E-state index contributed by atoms with van der Waals surface area (Å²) in [5.74, 6) is 1.49. The monoisotopic (exact) mass is 404 g/mol. The van der Waals surface area contributed by atoms with E-state index in [2.05, 4.69) is 10.2 Å². The molecule has 0 fully saturated rings. The van der Waals surface area contributed by atoms with E-state index >= 15 is 0 Å². The Kier molecular flexibility index (Phi) is 5.34. The Hall–Kier alpha value is -3.87. The van der Waals surface area contributed by atoms with Crippen LogP contribution in [0, 0.1) is 0 Å². The molecule has 0 aliphatic carbocycles. The van der Waals surface area contributed by atoms with Crippen LogP contribution in [0.5, 0.6) is 11.5 Å². The number of fused-ring (bicyclic) bond motifs is 1. The summed E-state index contributed by atoms with van der Waals surface area (Å²) in [6, 6.07) is 18.2. The van der Waals surface area contributed by atoms with E-state index in [9.17, 15) is 4.79 Å². The van der Waals surface area contributed by atoms with Gasteiger partial charge in [-0.15, -0.1) is 10.2 Å². The molecule has 1 heterocycles. The Morgan fingerprint density at radius 1 is 0.900 bits per heavy atom. The first-order chi connectivity index (χ1) is 14.6. The third-order valence-electron chi connectivity index (χ3n) is 4.73. The molecule has 4 aromatic rings. The molecule has 152 valence electrons. The molecule has 1 atom stereocenters. The number of nitrogens with zero attached hydrogens (tertiary/aromatic N) is 2. The topological polar surface area (TPSA) is 83.7 Å². The number of benzene rings is 3. The van der Waals surface area contributed by atoms with E-state index in [-0.39, 0.29) is 5.89 Å². The van der Waals surface area contributed by atoms with Crippen LogP contribution in [0.1, 0.15) is 29.3 Å². The normalized spacial score (nSPS) is 11.8. The summed E-state index contributed by atoms with van der Waals surface area (Å²) >= 11 is 0. The molecule has 3 aromatic carbocycles. The van der Waals surface area contributed by atoms with Crippen molar-refractivity contribution in [1.29, 1.82) is 0 Å². The standard InChI is InChI=1S/C23H20N2O5/c1-14(21-24-25-22(30-21)15-8-10-16(27-2)11-9-15)29-23(26)19-12-13-20(28-3)18-7-5-4-6-17(18)19/h4-14H,1-3H3/t14-/m0/s1. The molecule has 0 amide bonds. The average Bonchev–Trinajstić information content (AvgIpc) is 3.29. The number of carbonyl (C=O) groups excluding carboxylic acids is 1. The highest BCUT2D eigenvalue weighted by Gasteiger charge is 2.22. The molecule has 30 heavy (non-hydrogen) atoms. The van der Waals surface area contributed by atoms with E-state index in [1.165, 1.54) is 0 Å². The minimum atomic E-state index is -0.710. The Morgan fingerprint density at radius 3 is 2.33 bits per heavy atom. The second-order valence-electron chi connectivity index (χ2n) is 6.58. The van der Waals surface area contributed by atoms with Crippen LogP contribution in [0.3, 0.4) is 0 Å². The highest BCUT2D eigenvalue weighted by atomic mass is 16.6. The Morgan fingerprint density at radius 2 is 1.63 bits per heavy atom. The summed E-state index contributed by atoms with van der Waals surface area (Å²) in [6.45, 7) is 1.69. The van der Waals surface area contributed by atoms with Gasteiger partial charge in [0.15, 0.2) is 6.10 Å². The summed E-state index contributed by atoms with van der Waals surface area (Å²) < 4.78 is 21.8. The van der Waals surface area contributed by atoms with Crippen molar-refractivity contribution in [2.75, 3.05) is 14.2 Å². The predicted octanol–water partition coefficient (Wildman–Crippen LogP) is 4.83. The van der Waals surface area contributed by atoms with Gasteiger partial charge in [0.05, 0.1) is 19.8 Å². The fraction of sp³-hybridized carbons (Fsp3) is 0.174. The lowest BCUT2D eigenvalue weighted by atomic mass is 10.0. The molecule has 7 heteroatoms. The minimum absolute atomic E-state index is 0.215. The van der Waals surface area contributed by atoms with Gasteiger partial charge in [0.1, 0.15) is 11.5 Å². The smallest absolute Gasteiger partial charge is 0.339 e. The quantitative estimate of drug-likeness (QED) is 0.426. The maximum atomic E-state index is 12.8. The molecular weight excluding hydrogens is 384 g/mol. The molecule has 4 rings (SSSR count). The third-order valence-corrected chi connectivity index (χ3v) is 4.73. The van der Waals surface area contributed by atoms with Crippen LogP contribution in [0.4, 0.5) is 0 Å². The van der Waals surface area contributed by atoms with E-state index in [0.717, 1.165) is 22.1 Å². The zero-order valence-electron chi connectivity index (χ0n) is 16.8. The second kappa shape index (κ2) is 8.24. The average molecular weight is 404 g/mol. The number of methoxy groups -OCH3 is 2. The van der Waals surface area contributed by atoms with Crippen molar-refractivity contribution in [2.45, 2.75) is 13.0 Å². The third kappa shape index (κ3) is 3.69. The minimum Gasteiger partial charge on any atom is -0.497 e. The molecule has 0 N–H and O–H groups in total. The summed E-state index contributed by atoms with van der Waals surface area (Å²) in [5.41, 5.74) is 1.18. The summed E-state index contributed by atoms with van der Waals surface area (Å²) in [6.07, 6.45) is -0.710. The lowest BCUT2D eigenvalue weighted by Crippen LogP contribution is -2.10. The molecule has 1 aromatic heterocycles. The van der Waals surface area contributed by atoms with Crippen molar-refractivity contribution < 1.29 is 23.4 Å². The van der Waals surface area contributed by atoms with Crippen molar-refractivity contribution >= 4 is 16.7 Å². The SMILES string of the molecule is COc1ccc(-c2nnc([C@H](C)OC(=O)c3ccc(OC)c4ccccc34)o2)cc1. The molecule has 0 aliphatic rings. The lowest BCUT2D eigenvalue weighted by Gasteiger charge is -2.12. The van der Waals surface area contributed by atoms with E-state index in [0.29, 0.717) is 17.2 Å². The van der Waals surface area contributed by atoms with Gasteiger partial charge in [-0.2, -0.15) is 0 Å². The first-order valence-corrected chi connectivity index (χ1v) is 9.35.